The predicted molar refractivity (Wildman–Crippen MR) is 57.0 cm³/mol. The molecule has 1 unspecified atom stereocenters. The minimum Gasteiger partial charge on any atom is -0.479 e. The number of nitrogen functional groups attached to an aromatic ring is 1. The topological polar surface area (TPSA) is 144 Å². The monoisotopic (exact) mass is 239 g/mol. The van der Waals surface area contributed by atoms with Gasteiger partial charge in [0.1, 0.15) is 5.69 Å². The van der Waals surface area contributed by atoms with Crippen LogP contribution in [0.1, 0.15) is 5.56 Å². The molecule has 1 rings (SSSR count). The van der Waals surface area contributed by atoms with E-state index in [-0.39, 0.29) is 17.8 Å². The molecule has 0 heterocycles. The first-order chi connectivity index (χ1) is 7.95. The average Bonchev–Trinajstić information content (AvgIpc) is 2.27. The zero-order valence-electron chi connectivity index (χ0n) is 8.74. The number of anilines is 1. The minimum absolute atomic E-state index is 0.0209. The second-order valence-corrected chi connectivity index (χ2v) is 3.36. The number of carbonyl (C=O) groups is 1. The number of nitro benzene ring substituents is 1. The van der Waals surface area contributed by atoms with Crippen LogP contribution in [0.2, 0.25) is 0 Å². The highest BCUT2D eigenvalue weighted by Gasteiger charge is 2.21. The molecule has 17 heavy (non-hydrogen) atoms. The second-order valence-electron chi connectivity index (χ2n) is 3.36. The Labute approximate surface area is 95.7 Å². The molecule has 0 amide bonds. The molecule has 0 aromatic heterocycles. The number of hydrogen-bond donors (Lipinski definition) is 3. The van der Waals surface area contributed by atoms with Gasteiger partial charge in [-0.05, 0) is 16.7 Å². The van der Waals surface area contributed by atoms with Crippen LogP contribution in [0.4, 0.5) is 11.4 Å². The lowest BCUT2D eigenvalue weighted by molar-refractivity contribution is -0.384. The lowest BCUT2D eigenvalue weighted by Gasteiger charge is -2.04. The van der Waals surface area contributed by atoms with Crippen LogP contribution in [0.15, 0.2) is 23.3 Å². The Hall–Kier alpha value is -2.51. The van der Waals surface area contributed by atoms with Gasteiger partial charge in [0, 0.05) is 12.5 Å². The summed E-state index contributed by atoms with van der Waals surface area (Å²) in [5.74, 6) is -1.19. The predicted octanol–water partition coefficient (Wildman–Crippen LogP) is -0.616. The molecule has 0 aliphatic heterocycles. The smallest absolute Gasteiger partial charge is 0.335 e. The van der Waals surface area contributed by atoms with E-state index in [1.165, 1.54) is 18.2 Å². The lowest BCUT2D eigenvalue weighted by atomic mass is 10.1. The first-order valence-corrected chi connectivity index (χ1v) is 4.61. The van der Waals surface area contributed by atoms with Gasteiger partial charge < -0.3 is 10.8 Å². The van der Waals surface area contributed by atoms with Gasteiger partial charge in [-0.1, -0.05) is 6.07 Å². The second kappa shape index (κ2) is 5.01. The molecule has 0 saturated carbocycles. The van der Waals surface area contributed by atoms with Crippen molar-refractivity contribution in [3.63, 3.8) is 0 Å². The van der Waals surface area contributed by atoms with Gasteiger partial charge in [0.2, 0.25) is 6.04 Å². The van der Waals surface area contributed by atoms with Crippen molar-refractivity contribution < 1.29 is 20.4 Å². The number of carboxylic acid groups (broad SMARTS) is 1. The summed E-state index contributed by atoms with van der Waals surface area (Å²) in [4.78, 5) is 20.7. The van der Waals surface area contributed by atoms with Crippen molar-refractivity contribution in [1.82, 2.24) is 0 Å². The molecule has 8 nitrogen and oxygen atoms in total. The van der Waals surface area contributed by atoms with Crippen molar-refractivity contribution >= 4 is 17.3 Å². The van der Waals surface area contributed by atoms with Gasteiger partial charge in [0.25, 0.3) is 5.69 Å². The van der Waals surface area contributed by atoms with E-state index in [1.54, 1.807) is 0 Å². The quantitative estimate of drug-likeness (QED) is 0.271. The minimum atomic E-state index is -1.19. The van der Waals surface area contributed by atoms with Crippen LogP contribution in [-0.2, 0) is 11.2 Å². The van der Waals surface area contributed by atoms with E-state index in [9.17, 15) is 14.9 Å². The van der Waals surface area contributed by atoms with Crippen LogP contribution in [0.5, 0.6) is 0 Å². The molecule has 0 saturated heterocycles. The summed E-state index contributed by atoms with van der Waals surface area (Å²) < 4.78 is 0. The average molecular weight is 239 g/mol. The van der Waals surface area contributed by atoms with Crippen molar-refractivity contribution in [1.29, 1.82) is 0 Å². The number of hydrogen-bond acceptors (Lipinski definition) is 5. The highest BCUT2D eigenvalue weighted by molar-refractivity contribution is 5.74. The summed E-state index contributed by atoms with van der Waals surface area (Å²) in [5, 5.41) is 22.5. The fraction of sp³-hybridized carbons (Fsp3) is 0.222. The molecule has 1 atom stereocenters. The van der Waals surface area contributed by atoms with Gasteiger partial charge in [-0.2, -0.15) is 5.53 Å². The van der Waals surface area contributed by atoms with E-state index in [4.69, 9.17) is 16.4 Å². The molecule has 0 radical (unpaired) electrons. The Morgan fingerprint density at radius 1 is 1.65 bits per heavy atom. The van der Waals surface area contributed by atoms with Crippen LogP contribution in [0.25, 0.3) is 0 Å². The SMILES string of the molecule is Nc1ccc(CC(N=[NH2+])C(=O)O)cc1[N+](=O)[O-]. The van der Waals surface area contributed by atoms with E-state index >= 15 is 0 Å². The standard InChI is InChI=1S/C9H10N4O4/c10-6-2-1-5(4-8(6)13(16)17)3-7(12-11)9(14)15/h1-2,4,7,11H,3,10H2,(H,14,15)/p+1. The number of nitrogens with two attached hydrogens (primary N) is 2. The van der Waals surface area contributed by atoms with Crippen molar-refractivity contribution in [3.8, 4) is 0 Å². The zero-order valence-corrected chi connectivity index (χ0v) is 8.74. The molecule has 0 fully saturated rings. The molecule has 1 aromatic rings. The molecule has 1 aromatic carbocycles. The first-order valence-electron chi connectivity index (χ1n) is 4.61. The summed E-state index contributed by atoms with van der Waals surface area (Å²) in [6, 6.07) is 2.95. The fourth-order valence-electron chi connectivity index (χ4n) is 1.30. The van der Waals surface area contributed by atoms with Gasteiger partial charge in [-0.15, -0.1) is 0 Å². The molecule has 8 heteroatoms. The van der Waals surface area contributed by atoms with Gasteiger partial charge in [0.15, 0.2) is 0 Å². The molecule has 0 bridgehead atoms. The summed E-state index contributed by atoms with van der Waals surface area (Å²) in [7, 11) is 0. The van der Waals surface area contributed by atoms with Gasteiger partial charge >= 0.3 is 5.97 Å². The Bertz CT molecular complexity index is 474. The van der Waals surface area contributed by atoms with Crippen molar-refractivity contribution in [3.05, 3.63) is 33.9 Å². The van der Waals surface area contributed by atoms with Crippen LogP contribution >= 0.6 is 0 Å². The number of rotatable bonds is 5. The number of carboxylic acids is 1. The number of aliphatic carboxylic acids is 1. The van der Waals surface area contributed by atoms with Crippen LogP contribution < -0.4 is 11.3 Å². The van der Waals surface area contributed by atoms with Crippen molar-refractivity contribution in [2.24, 2.45) is 5.11 Å². The Balaban J connectivity index is 3.00. The number of nitrogens with zero attached hydrogens (tertiary/aromatic N) is 2. The molecular weight excluding hydrogens is 228 g/mol. The van der Waals surface area contributed by atoms with Gasteiger partial charge in [0.05, 0.1) is 4.92 Å². The van der Waals surface area contributed by atoms with E-state index in [2.05, 4.69) is 5.11 Å². The van der Waals surface area contributed by atoms with Crippen LogP contribution in [0.3, 0.4) is 0 Å². The molecule has 0 spiro atoms. The molecule has 5 N–H and O–H groups in total. The third kappa shape index (κ3) is 2.97. The fourth-order valence-corrected chi connectivity index (χ4v) is 1.30. The third-order valence-electron chi connectivity index (χ3n) is 2.19. The maximum absolute atomic E-state index is 10.7. The maximum atomic E-state index is 10.7. The summed E-state index contributed by atoms with van der Waals surface area (Å²) in [6.07, 6.45) is -0.0209. The molecular formula is C9H11N4O4+. The maximum Gasteiger partial charge on any atom is 0.335 e. The molecule has 90 valence electrons. The van der Waals surface area contributed by atoms with Gasteiger partial charge in [-0.3, -0.25) is 10.1 Å². The van der Waals surface area contributed by atoms with E-state index in [0.29, 0.717) is 5.56 Å². The number of nitro groups is 1. The molecule has 0 aliphatic carbocycles. The third-order valence-corrected chi connectivity index (χ3v) is 2.19. The lowest BCUT2D eigenvalue weighted by Crippen LogP contribution is -2.34. The zero-order chi connectivity index (χ0) is 13.0. The Morgan fingerprint density at radius 2 is 2.29 bits per heavy atom. The first kappa shape index (κ1) is 12.6. The van der Waals surface area contributed by atoms with Crippen LogP contribution in [0, 0.1) is 10.1 Å². The van der Waals surface area contributed by atoms with Crippen LogP contribution in [-0.4, -0.2) is 22.0 Å². The highest BCUT2D eigenvalue weighted by atomic mass is 16.6. The van der Waals surface area contributed by atoms with Crippen molar-refractivity contribution in [2.75, 3.05) is 5.73 Å². The van der Waals surface area contributed by atoms with Crippen molar-refractivity contribution in [2.45, 2.75) is 12.5 Å². The van der Waals surface area contributed by atoms with E-state index in [0.717, 1.165) is 0 Å². The molecule has 0 aliphatic rings. The highest BCUT2D eigenvalue weighted by Crippen LogP contribution is 2.23. The summed E-state index contributed by atoms with van der Waals surface area (Å²) in [5.41, 5.74) is 10.5. The largest absolute Gasteiger partial charge is 0.479 e. The number of benzene rings is 1. The summed E-state index contributed by atoms with van der Waals surface area (Å²) >= 11 is 0. The normalized spacial score (nSPS) is 11.8. The Kier molecular flexibility index (Phi) is 3.70. The summed E-state index contributed by atoms with van der Waals surface area (Å²) in [6.45, 7) is 0. The van der Waals surface area contributed by atoms with Gasteiger partial charge in [-0.25, -0.2) is 4.79 Å². The Morgan fingerprint density at radius 3 is 2.76 bits per heavy atom. The van der Waals surface area contributed by atoms with E-state index in [1.807, 2.05) is 0 Å². The van der Waals surface area contributed by atoms with E-state index < -0.39 is 16.9 Å².